The van der Waals surface area contributed by atoms with Crippen molar-refractivity contribution >= 4 is 18.5 Å². The highest BCUT2D eigenvalue weighted by Gasteiger charge is 2.07. The molecule has 0 aromatic heterocycles. The number of carbonyl (C=O) groups excluding carboxylic acids is 1. The van der Waals surface area contributed by atoms with Crippen LogP contribution in [0.2, 0.25) is 0 Å². The van der Waals surface area contributed by atoms with E-state index >= 15 is 0 Å². The molecule has 0 unspecified atom stereocenters. The molecule has 0 fully saturated rings. The van der Waals surface area contributed by atoms with E-state index in [1.54, 1.807) is 0 Å². The molecule has 1 N–H and O–H groups in total. The van der Waals surface area contributed by atoms with E-state index in [2.05, 4.69) is 31.8 Å². The van der Waals surface area contributed by atoms with Crippen LogP contribution in [0.1, 0.15) is 24.2 Å². The van der Waals surface area contributed by atoms with Crippen molar-refractivity contribution < 1.29 is 13.9 Å². The lowest BCUT2D eigenvalue weighted by atomic mass is 10.2. The Morgan fingerprint density at radius 2 is 2.22 bits per heavy atom. The summed E-state index contributed by atoms with van der Waals surface area (Å²) in [5.74, 6) is -0.210. The molecule has 100 valence electrons. The molecular formula is C13H18FNO2S. The number of nitrogens with one attached hydrogen (secondary N) is 1. The van der Waals surface area contributed by atoms with Crippen molar-refractivity contribution in [3.05, 3.63) is 29.6 Å². The molecule has 1 aromatic carbocycles. The van der Waals surface area contributed by atoms with Crippen molar-refractivity contribution in [1.82, 2.24) is 5.32 Å². The zero-order chi connectivity index (χ0) is 13.5. The SMILES string of the molecule is CC(C)COCCNC(=O)c1ccc(F)c(S)c1. The van der Waals surface area contributed by atoms with Crippen molar-refractivity contribution in [1.29, 1.82) is 0 Å². The number of amides is 1. The standard InChI is InChI=1S/C13H18FNO2S/c1-9(2)8-17-6-5-15-13(16)10-3-4-11(14)12(18)7-10/h3-4,7,9,18H,5-6,8H2,1-2H3,(H,15,16). The second-order valence-electron chi connectivity index (χ2n) is 4.39. The highest BCUT2D eigenvalue weighted by atomic mass is 32.1. The molecule has 0 aliphatic heterocycles. The van der Waals surface area contributed by atoms with Crippen LogP contribution in [0.15, 0.2) is 23.1 Å². The molecule has 0 bridgehead atoms. The number of hydrogen-bond donors (Lipinski definition) is 2. The fraction of sp³-hybridized carbons (Fsp3) is 0.462. The molecule has 0 aliphatic rings. The Morgan fingerprint density at radius 3 is 2.83 bits per heavy atom. The van der Waals surface area contributed by atoms with Gasteiger partial charge in [-0.05, 0) is 24.1 Å². The predicted molar refractivity (Wildman–Crippen MR) is 71.6 cm³/mol. The first-order chi connectivity index (χ1) is 8.50. The smallest absolute Gasteiger partial charge is 0.251 e. The zero-order valence-electron chi connectivity index (χ0n) is 10.6. The molecule has 0 aliphatic carbocycles. The van der Waals surface area contributed by atoms with Gasteiger partial charge in [-0.15, -0.1) is 12.6 Å². The maximum atomic E-state index is 13.0. The second kappa shape index (κ2) is 7.38. The van der Waals surface area contributed by atoms with Gasteiger partial charge in [0.25, 0.3) is 5.91 Å². The predicted octanol–water partition coefficient (Wildman–Crippen LogP) is 2.52. The van der Waals surface area contributed by atoms with Gasteiger partial charge >= 0.3 is 0 Å². The van der Waals surface area contributed by atoms with Crippen LogP contribution in [0.5, 0.6) is 0 Å². The molecule has 0 radical (unpaired) electrons. The molecule has 18 heavy (non-hydrogen) atoms. The van der Waals surface area contributed by atoms with Gasteiger partial charge < -0.3 is 10.1 Å². The zero-order valence-corrected chi connectivity index (χ0v) is 11.5. The quantitative estimate of drug-likeness (QED) is 0.616. The van der Waals surface area contributed by atoms with Crippen LogP contribution in [-0.4, -0.2) is 25.7 Å². The van der Waals surface area contributed by atoms with Crippen molar-refractivity contribution in [2.45, 2.75) is 18.7 Å². The Kier molecular flexibility index (Phi) is 6.15. The summed E-state index contributed by atoms with van der Waals surface area (Å²) in [5, 5.41) is 2.70. The molecule has 1 aromatic rings. The average molecular weight is 271 g/mol. The van der Waals surface area contributed by atoms with Crippen LogP contribution >= 0.6 is 12.6 Å². The van der Waals surface area contributed by atoms with Gasteiger partial charge in [0.2, 0.25) is 0 Å². The molecule has 0 saturated heterocycles. The topological polar surface area (TPSA) is 38.3 Å². The molecule has 0 atom stereocenters. The molecule has 0 heterocycles. The number of benzene rings is 1. The van der Waals surface area contributed by atoms with E-state index in [0.29, 0.717) is 31.2 Å². The van der Waals surface area contributed by atoms with Gasteiger partial charge in [0.05, 0.1) is 6.61 Å². The lowest BCUT2D eigenvalue weighted by molar-refractivity contribution is 0.0886. The van der Waals surface area contributed by atoms with Gasteiger partial charge in [-0.25, -0.2) is 4.39 Å². The lowest BCUT2D eigenvalue weighted by Gasteiger charge is -2.08. The molecular weight excluding hydrogens is 253 g/mol. The summed E-state index contributed by atoms with van der Waals surface area (Å²) in [5.41, 5.74) is 0.394. The molecule has 0 spiro atoms. The number of ether oxygens (including phenoxy) is 1. The van der Waals surface area contributed by atoms with Crippen molar-refractivity contribution in [3.8, 4) is 0 Å². The average Bonchev–Trinajstić information content (AvgIpc) is 2.31. The van der Waals surface area contributed by atoms with E-state index in [1.165, 1.54) is 18.2 Å². The summed E-state index contributed by atoms with van der Waals surface area (Å²) in [6.45, 7) is 5.70. The van der Waals surface area contributed by atoms with Crippen molar-refractivity contribution in [2.75, 3.05) is 19.8 Å². The Morgan fingerprint density at radius 1 is 1.50 bits per heavy atom. The van der Waals surface area contributed by atoms with Crippen LogP contribution in [0, 0.1) is 11.7 Å². The minimum absolute atomic E-state index is 0.165. The Labute approximate surface area is 112 Å². The maximum Gasteiger partial charge on any atom is 0.251 e. The normalized spacial score (nSPS) is 10.7. The van der Waals surface area contributed by atoms with E-state index in [4.69, 9.17) is 4.74 Å². The van der Waals surface area contributed by atoms with Gasteiger partial charge in [0.15, 0.2) is 0 Å². The molecule has 1 amide bonds. The summed E-state index contributed by atoms with van der Waals surface area (Å²) in [6.07, 6.45) is 0. The van der Waals surface area contributed by atoms with E-state index in [9.17, 15) is 9.18 Å². The van der Waals surface area contributed by atoms with Gasteiger partial charge in [-0.1, -0.05) is 13.8 Å². The van der Waals surface area contributed by atoms with E-state index in [0.717, 1.165) is 0 Å². The third kappa shape index (κ3) is 5.06. The summed E-state index contributed by atoms with van der Waals surface area (Å²) in [7, 11) is 0. The number of thiol groups is 1. The Bertz CT molecular complexity index is 410. The number of carbonyl (C=O) groups is 1. The van der Waals surface area contributed by atoms with E-state index in [1.807, 2.05) is 0 Å². The summed E-state index contributed by atoms with van der Waals surface area (Å²) in [6, 6.07) is 4.06. The summed E-state index contributed by atoms with van der Waals surface area (Å²) < 4.78 is 18.3. The summed E-state index contributed by atoms with van der Waals surface area (Å²) >= 11 is 3.93. The number of halogens is 1. The van der Waals surface area contributed by atoms with E-state index < -0.39 is 5.82 Å². The molecule has 5 heteroatoms. The van der Waals surface area contributed by atoms with Gasteiger partial charge in [-0.2, -0.15) is 0 Å². The molecule has 0 saturated carbocycles. The van der Waals surface area contributed by atoms with Crippen LogP contribution in [-0.2, 0) is 4.74 Å². The fourth-order valence-electron chi connectivity index (χ4n) is 1.31. The minimum Gasteiger partial charge on any atom is -0.379 e. The van der Waals surface area contributed by atoms with Gasteiger partial charge in [0, 0.05) is 23.6 Å². The van der Waals surface area contributed by atoms with Crippen LogP contribution in [0.4, 0.5) is 4.39 Å². The first-order valence-electron chi connectivity index (χ1n) is 5.85. The Hall–Kier alpha value is -1.07. The van der Waals surface area contributed by atoms with Gasteiger partial charge in [0.1, 0.15) is 5.82 Å². The second-order valence-corrected chi connectivity index (χ2v) is 4.87. The highest BCUT2D eigenvalue weighted by Crippen LogP contribution is 2.13. The highest BCUT2D eigenvalue weighted by molar-refractivity contribution is 7.80. The fourth-order valence-corrected chi connectivity index (χ4v) is 1.53. The van der Waals surface area contributed by atoms with Crippen LogP contribution < -0.4 is 5.32 Å². The first-order valence-corrected chi connectivity index (χ1v) is 6.30. The largest absolute Gasteiger partial charge is 0.379 e. The number of rotatable bonds is 6. The lowest BCUT2D eigenvalue weighted by Crippen LogP contribution is -2.27. The van der Waals surface area contributed by atoms with Crippen molar-refractivity contribution in [3.63, 3.8) is 0 Å². The molecule has 3 nitrogen and oxygen atoms in total. The third-order valence-electron chi connectivity index (χ3n) is 2.19. The van der Waals surface area contributed by atoms with E-state index in [-0.39, 0.29) is 10.8 Å². The summed E-state index contributed by atoms with van der Waals surface area (Å²) in [4.78, 5) is 11.8. The van der Waals surface area contributed by atoms with Gasteiger partial charge in [-0.3, -0.25) is 4.79 Å². The first kappa shape index (κ1) is 15.0. The molecule has 1 rings (SSSR count). The van der Waals surface area contributed by atoms with Crippen LogP contribution in [0.25, 0.3) is 0 Å². The monoisotopic (exact) mass is 271 g/mol. The maximum absolute atomic E-state index is 13.0. The third-order valence-corrected chi connectivity index (χ3v) is 2.53. The van der Waals surface area contributed by atoms with Crippen molar-refractivity contribution in [2.24, 2.45) is 5.92 Å². The minimum atomic E-state index is -0.435. The number of hydrogen-bond acceptors (Lipinski definition) is 3. The van der Waals surface area contributed by atoms with Crippen LogP contribution in [0.3, 0.4) is 0 Å². The Balaban J connectivity index is 2.34.